The highest BCUT2D eigenvalue weighted by atomic mass is 79.9. The number of nitrogens with zero attached hydrogens (tertiary/aromatic N) is 2. The second-order valence-electron chi connectivity index (χ2n) is 6.08. The first kappa shape index (κ1) is 16.8. The van der Waals surface area contributed by atoms with Crippen LogP contribution in [0.1, 0.15) is 15.6 Å². The van der Waals surface area contributed by atoms with Crippen molar-refractivity contribution in [2.45, 2.75) is 0 Å². The lowest BCUT2D eigenvalue weighted by molar-refractivity contribution is 1.39. The Balaban J connectivity index is 1.72. The first-order valence-corrected chi connectivity index (χ1v) is 10.9. The maximum absolute atomic E-state index is 4.88. The fourth-order valence-corrected chi connectivity index (χ4v) is 5.21. The standard InChI is InChI=1S/C22H13BrN2S2/c23-15-11-9-14(10-12-15)13-16(21-24-17-5-1-3-7-19(17)26-21)22-25-18-6-2-4-8-20(18)27-22/h1-13H. The number of fused-ring (bicyclic) bond motifs is 2. The van der Waals surface area contributed by atoms with Gasteiger partial charge in [0.2, 0.25) is 0 Å². The molecule has 0 atom stereocenters. The molecule has 0 aliphatic rings. The maximum atomic E-state index is 4.88. The van der Waals surface area contributed by atoms with E-state index in [0.29, 0.717) is 0 Å². The monoisotopic (exact) mass is 448 g/mol. The van der Waals surface area contributed by atoms with E-state index >= 15 is 0 Å². The second-order valence-corrected chi connectivity index (χ2v) is 9.06. The van der Waals surface area contributed by atoms with Crippen molar-refractivity contribution < 1.29 is 0 Å². The Morgan fingerprint density at radius 2 is 1.22 bits per heavy atom. The molecule has 0 saturated heterocycles. The summed E-state index contributed by atoms with van der Waals surface area (Å²) in [7, 11) is 0. The summed E-state index contributed by atoms with van der Waals surface area (Å²) in [6.07, 6.45) is 2.18. The summed E-state index contributed by atoms with van der Waals surface area (Å²) < 4.78 is 3.45. The maximum Gasteiger partial charge on any atom is 0.127 e. The number of hydrogen-bond donors (Lipinski definition) is 0. The van der Waals surface area contributed by atoms with Crippen molar-refractivity contribution >= 4 is 70.7 Å². The van der Waals surface area contributed by atoms with Crippen LogP contribution in [-0.2, 0) is 0 Å². The Kier molecular flexibility index (Phi) is 4.36. The van der Waals surface area contributed by atoms with Gasteiger partial charge in [0.15, 0.2) is 0 Å². The van der Waals surface area contributed by atoms with Gasteiger partial charge in [0, 0.05) is 10.0 Å². The Bertz CT molecular complexity index is 1140. The van der Waals surface area contributed by atoms with Crippen molar-refractivity contribution in [3.05, 3.63) is 92.8 Å². The molecule has 5 rings (SSSR count). The molecule has 0 saturated carbocycles. The van der Waals surface area contributed by atoms with Crippen molar-refractivity contribution in [1.29, 1.82) is 0 Å². The molecule has 0 fully saturated rings. The predicted octanol–water partition coefficient (Wildman–Crippen LogP) is 7.26. The van der Waals surface area contributed by atoms with E-state index in [-0.39, 0.29) is 0 Å². The summed E-state index contributed by atoms with van der Waals surface area (Å²) in [6, 6.07) is 24.8. The van der Waals surface area contributed by atoms with Crippen LogP contribution in [0.25, 0.3) is 32.1 Å². The van der Waals surface area contributed by atoms with E-state index in [1.165, 1.54) is 9.40 Å². The summed E-state index contributed by atoms with van der Waals surface area (Å²) in [4.78, 5) is 9.76. The van der Waals surface area contributed by atoms with E-state index < -0.39 is 0 Å². The van der Waals surface area contributed by atoms with Crippen molar-refractivity contribution in [3.8, 4) is 0 Å². The summed E-state index contributed by atoms with van der Waals surface area (Å²) in [5.74, 6) is 0. The van der Waals surface area contributed by atoms with Gasteiger partial charge in [-0.25, -0.2) is 9.97 Å². The molecule has 0 aliphatic carbocycles. The summed E-state index contributed by atoms with van der Waals surface area (Å²) in [5, 5.41) is 2.00. The Morgan fingerprint density at radius 3 is 1.74 bits per heavy atom. The van der Waals surface area contributed by atoms with Gasteiger partial charge in [-0.05, 0) is 48.0 Å². The first-order valence-electron chi connectivity index (χ1n) is 8.45. The van der Waals surface area contributed by atoms with Crippen molar-refractivity contribution in [1.82, 2.24) is 9.97 Å². The van der Waals surface area contributed by atoms with E-state index in [0.717, 1.165) is 36.7 Å². The fraction of sp³-hybridized carbons (Fsp3) is 0. The van der Waals surface area contributed by atoms with E-state index in [9.17, 15) is 0 Å². The minimum Gasteiger partial charge on any atom is -0.236 e. The third kappa shape index (κ3) is 3.34. The third-order valence-corrected chi connectivity index (χ3v) is 6.90. The number of rotatable bonds is 3. The number of hydrogen-bond acceptors (Lipinski definition) is 4. The zero-order valence-corrected chi connectivity index (χ0v) is 17.3. The second kappa shape index (κ2) is 7.00. The van der Waals surface area contributed by atoms with Gasteiger partial charge >= 0.3 is 0 Å². The Morgan fingerprint density at radius 1 is 0.704 bits per heavy atom. The number of para-hydroxylation sites is 2. The quantitative estimate of drug-likeness (QED) is 0.290. The topological polar surface area (TPSA) is 25.8 Å². The number of halogens is 1. The lowest BCUT2D eigenvalue weighted by atomic mass is 10.1. The molecular weight excluding hydrogens is 436 g/mol. The molecule has 0 N–H and O–H groups in total. The molecule has 2 aromatic heterocycles. The summed E-state index contributed by atoms with van der Waals surface area (Å²) in [5.41, 5.74) is 4.26. The molecule has 0 radical (unpaired) electrons. The summed E-state index contributed by atoms with van der Waals surface area (Å²) in [6.45, 7) is 0. The van der Waals surface area contributed by atoms with Crippen LogP contribution >= 0.6 is 38.6 Å². The highest BCUT2D eigenvalue weighted by Crippen LogP contribution is 2.36. The predicted molar refractivity (Wildman–Crippen MR) is 120 cm³/mol. The van der Waals surface area contributed by atoms with Crippen molar-refractivity contribution in [2.24, 2.45) is 0 Å². The van der Waals surface area contributed by atoms with E-state index in [1.807, 2.05) is 12.1 Å². The first-order chi connectivity index (χ1) is 13.3. The highest BCUT2D eigenvalue weighted by molar-refractivity contribution is 9.10. The molecule has 0 amide bonds. The lowest BCUT2D eigenvalue weighted by Gasteiger charge is -2.01. The van der Waals surface area contributed by atoms with Crippen LogP contribution < -0.4 is 0 Å². The molecule has 0 unspecified atom stereocenters. The van der Waals surface area contributed by atoms with Crippen LogP contribution in [0, 0.1) is 0 Å². The van der Waals surface area contributed by atoms with Crippen molar-refractivity contribution in [3.63, 3.8) is 0 Å². The number of thiazole rings is 2. The van der Waals surface area contributed by atoms with Crippen LogP contribution in [0.5, 0.6) is 0 Å². The average Bonchev–Trinajstić information content (AvgIpc) is 3.31. The molecule has 2 heterocycles. The molecule has 0 spiro atoms. The largest absolute Gasteiger partial charge is 0.236 e. The van der Waals surface area contributed by atoms with Crippen molar-refractivity contribution in [2.75, 3.05) is 0 Å². The molecule has 130 valence electrons. The molecule has 5 aromatic rings. The zero-order chi connectivity index (χ0) is 18.2. The highest BCUT2D eigenvalue weighted by Gasteiger charge is 2.15. The fourth-order valence-electron chi connectivity index (χ4n) is 2.92. The van der Waals surface area contributed by atoms with Gasteiger partial charge in [-0.3, -0.25) is 0 Å². The molecular formula is C22H13BrN2S2. The van der Waals surface area contributed by atoms with Gasteiger partial charge < -0.3 is 0 Å². The molecule has 27 heavy (non-hydrogen) atoms. The van der Waals surface area contributed by atoms with Gasteiger partial charge in [0.05, 0.1) is 20.4 Å². The molecule has 5 heteroatoms. The number of aromatic nitrogens is 2. The van der Waals surface area contributed by atoms with E-state index in [2.05, 4.69) is 82.7 Å². The molecule has 2 nitrogen and oxygen atoms in total. The molecule has 0 aliphatic heterocycles. The molecule has 0 bridgehead atoms. The van der Waals surface area contributed by atoms with E-state index in [4.69, 9.17) is 9.97 Å². The van der Waals surface area contributed by atoms with Crippen LogP contribution in [0.2, 0.25) is 0 Å². The van der Waals surface area contributed by atoms with E-state index in [1.54, 1.807) is 22.7 Å². The minimum atomic E-state index is 0.998. The van der Waals surface area contributed by atoms with Gasteiger partial charge in [-0.1, -0.05) is 52.3 Å². The van der Waals surface area contributed by atoms with Gasteiger partial charge in [-0.2, -0.15) is 0 Å². The Labute approximate surface area is 173 Å². The van der Waals surface area contributed by atoms with Crippen LogP contribution in [0.4, 0.5) is 0 Å². The lowest BCUT2D eigenvalue weighted by Crippen LogP contribution is -1.87. The zero-order valence-electron chi connectivity index (χ0n) is 14.1. The average molecular weight is 449 g/mol. The Hall–Kier alpha value is -2.34. The SMILES string of the molecule is Brc1ccc(C=C(c2nc3ccccc3s2)c2nc3ccccc3s2)cc1. The van der Waals surface area contributed by atoms with Crippen LogP contribution in [0.3, 0.4) is 0 Å². The number of benzene rings is 3. The van der Waals surface area contributed by atoms with Crippen LogP contribution in [-0.4, -0.2) is 9.97 Å². The van der Waals surface area contributed by atoms with Gasteiger partial charge in [0.1, 0.15) is 10.0 Å². The normalized spacial score (nSPS) is 11.1. The van der Waals surface area contributed by atoms with Gasteiger partial charge in [-0.15, -0.1) is 22.7 Å². The van der Waals surface area contributed by atoms with Gasteiger partial charge in [0.25, 0.3) is 0 Å². The third-order valence-electron chi connectivity index (χ3n) is 4.23. The smallest absolute Gasteiger partial charge is 0.127 e. The summed E-state index contributed by atoms with van der Waals surface area (Å²) >= 11 is 6.93. The minimum absolute atomic E-state index is 0.998. The molecule has 3 aromatic carbocycles. The van der Waals surface area contributed by atoms with Crippen LogP contribution in [0.15, 0.2) is 77.3 Å².